The van der Waals surface area contributed by atoms with Crippen molar-refractivity contribution in [3.8, 4) is 0 Å². The highest BCUT2D eigenvalue weighted by molar-refractivity contribution is 5.46. The fraction of sp³-hybridized carbons (Fsp3) is 0.500. The van der Waals surface area contributed by atoms with E-state index in [0.29, 0.717) is 31.5 Å². The minimum atomic E-state index is -0.208. The predicted octanol–water partition coefficient (Wildman–Crippen LogP) is 0.752. The van der Waals surface area contributed by atoms with Crippen LogP contribution in [0.25, 0.3) is 0 Å². The SMILES string of the molecule is Nc1nc(CN2CCN(c3ccc(F)cc3)CC2)nc(N2CCOCC2)n1. The molecule has 3 heterocycles. The summed E-state index contributed by atoms with van der Waals surface area (Å²) in [5, 5.41) is 0. The smallest absolute Gasteiger partial charge is 0.230 e. The number of morpholine rings is 1. The number of ether oxygens (including phenoxy) is 1. The zero-order valence-electron chi connectivity index (χ0n) is 15.2. The first-order chi connectivity index (χ1) is 13.2. The van der Waals surface area contributed by atoms with Gasteiger partial charge in [0.15, 0.2) is 0 Å². The van der Waals surface area contributed by atoms with E-state index in [1.54, 1.807) is 0 Å². The molecule has 0 unspecified atom stereocenters. The third-order valence-electron chi connectivity index (χ3n) is 4.91. The number of piperazine rings is 1. The molecule has 0 spiro atoms. The second kappa shape index (κ2) is 8.01. The van der Waals surface area contributed by atoms with Gasteiger partial charge < -0.3 is 20.3 Å². The van der Waals surface area contributed by atoms with E-state index in [1.807, 2.05) is 12.1 Å². The molecular weight excluding hydrogens is 349 g/mol. The Bertz CT molecular complexity index is 759. The first kappa shape index (κ1) is 17.9. The lowest BCUT2D eigenvalue weighted by atomic mass is 10.2. The Balaban J connectivity index is 1.37. The number of benzene rings is 1. The van der Waals surface area contributed by atoms with Crippen molar-refractivity contribution in [2.24, 2.45) is 0 Å². The highest BCUT2D eigenvalue weighted by Gasteiger charge is 2.20. The number of halogens is 1. The van der Waals surface area contributed by atoms with Gasteiger partial charge in [-0.1, -0.05) is 0 Å². The summed E-state index contributed by atoms with van der Waals surface area (Å²) >= 11 is 0. The Morgan fingerprint density at radius 2 is 1.59 bits per heavy atom. The number of nitrogen functional groups attached to an aromatic ring is 1. The number of hydrogen-bond acceptors (Lipinski definition) is 8. The fourth-order valence-corrected chi connectivity index (χ4v) is 3.42. The molecule has 2 aromatic rings. The topological polar surface area (TPSA) is 83.6 Å². The van der Waals surface area contributed by atoms with E-state index >= 15 is 0 Å². The van der Waals surface area contributed by atoms with E-state index in [-0.39, 0.29) is 11.8 Å². The number of aromatic nitrogens is 3. The summed E-state index contributed by atoms with van der Waals surface area (Å²) in [7, 11) is 0. The van der Waals surface area contributed by atoms with Crippen LogP contribution in [0.4, 0.5) is 22.0 Å². The largest absolute Gasteiger partial charge is 0.378 e. The van der Waals surface area contributed by atoms with Gasteiger partial charge in [0.1, 0.15) is 11.6 Å². The van der Waals surface area contributed by atoms with Gasteiger partial charge >= 0.3 is 0 Å². The van der Waals surface area contributed by atoms with Gasteiger partial charge in [0.05, 0.1) is 19.8 Å². The average Bonchev–Trinajstić information content (AvgIpc) is 2.69. The molecule has 1 aromatic carbocycles. The van der Waals surface area contributed by atoms with E-state index in [9.17, 15) is 4.39 Å². The van der Waals surface area contributed by atoms with Crippen LogP contribution in [0.5, 0.6) is 0 Å². The lowest BCUT2D eigenvalue weighted by Gasteiger charge is -2.35. The molecular formula is C18H24FN7O. The Morgan fingerprint density at radius 3 is 2.30 bits per heavy atom. The quantitative estimate of drug-likeness (QED) is 0.841. The maximum absolute atomic E-state index is 13.1. The van der Waals surface area contributed by atoms with Gasteiger partial charge in [0, 0.05) is 45.0 Å². The van der Waals surface area contributed by atoms with Crippen molar-refractivity contribution in [2.75, 3.05) is 68.0 Å². The summed E-state index contributed by atoms with van der Waals surface area (Å²) in [6, 6.07) is 6.66. The molecule has 2 fully saturated rings. The van der Waals surface area contributed by atoms with Crippen molar-refractivity contribution < 1.29 is 9.13 Å². The number of anilines is 3. The first-order valence-electron chi connectivity index (χ1n) is 9.23. The molecule has 0 bridgehead atoms. The molecule has 8 nitrogen and oxygen atoms in total. The third-order valence-corrected chi connectivity index (χ3v) is 4.91. The van der Waals surface area contributed by atoms with Crippen LogP contribution in [0, 0.1) is 5.82 Å². The van der Waals surface area contributed by atoms with Gasteiger partial charge in [-0.3, -0.25) is 4.90 Å². The normalized spacial score (nSPS) is 18.7. The molecule has 0 aliphatic carbocycles. The van der Waals surface area contributed by atoms with Crippen molar-refractivity contribution in [1.82, 2.24) is 19.9 Å². The molecule has 4 rings (SSSR count). The molecule has 144 valence electrons. The maximum atomic E-state index is 13.1. The van der Waals surface area contributed by atoms with Crippen molar-refractivity contribution in [1.29, 1.82) is 0 Å². The van der Waals surface area contributed by atoms with E-state index in [0.717, 1.165) is 45.0 Å². The lowest BCUT2D eigenvalue weighted by molar-refractivity contribution is 0.122. The average molecular weight is 373 g/mol. The Kier molecular flexibility index (Phi) is 5.30. The van der Waals surface area contributed by atoms with Crippen molar-refractivity contribution in [2.45, 2.75) is 6.54 Å². The summed E-state index contributed by atoms with van der Waals surface area (Å²) < 4.78 is 18.5. The molecule has 0 amide bonds. The summed E-state index contributed by atoms with van der Waals surface area (Å²) in [4.78, 5) is 19.8. The maximum Gasteiger partial charge on any atom is 0.230 e. The van der Waals surface area contributed by atoms with Crippen LogP contribution in [-0.4, -0.2) is 72.3 Å². The van der Waals surface area contributed by atoms with Crippen LogP contribution >= 0.6 is 0 Å². The molecule has 0 saturated carbocycles. The van der Waals surface area contributed by atoms with Crippen molar-refractivity contribution in [3.05, 3.63) is 35.9 Å². The molecule has 0 atom stereocenters. The molecule has 9 heteroatoms. The second-order valence-corrected chi connectivity index (χ2v) is 6.75. The van der Waals surface area contributed by atoms with Crippen LogP contribution in [0.3, 0.4) is 0 Å². The zero-order valence-corrected chi connectivity index (χ0v) is 15.2. The minimum Gasteiger partial charge on any atom is -0.378 e. The molecule has 2 aliphatic heterocycles. The molecule has 2 N–H and O–H groups in total. The molecule has 0 radical (unpaired) electrons. The van der Waals surface area contributed by atoms with Crippen molar-refractivity contribution in [3.63, 3.8) is 0 Å². The van der Waals surface area contributed by atoms with Gasteiger partial charge in [0.25, 0.3) is 0 Å². The van der Waals surface area contributed by atoms with Crippen LogP contribution in [0.15, 0.2) is 24.3 Å². The van der Waals surface area contributed by atoms with Gasteiger partial charge in [0.2, 0.25) is 11.9 Å². The van der Waals surface area contributed by atoms with Crippen LogP contribution in [-0.2, 0) is 11.3 Å². The van der Waals surface area contributed by atoms with Crippen LogP contribution in [0.1, 0.15) is 5.82 Å². The molecule has 2 saturated heterocycles. The molecule has 1 aromatic heterocycles. The molecule has 27 heavy (non-hydrogen) atoms. The third kappa shape index (κ3) is 4.42. The Hall–Kier alpha value is -2.52. The van der Waals surface area contributed by atoms with E-state index in [4.69, 9.17) is 10.5 Å². The number of hydrogen-bond donors (Lipinski definition) is 1. The number of nitrogens with two attached hydrogens (primary N) is 1. The van der Waals surface area contributed by atoms with E-state index < -0.39 is 0 Å². The monoisotopic (exact) mass is 373 g/mol. The highest BCUT2D eigenvalue weighted by Crippen LogP contribution is 2.18. The number of nitrogens with zero attached hydrogens (tertiary/aromatic N) is 6. The summed E-state index contributed by atoms with van der Waals surface area (Å²) in [6.07, 6.45) is 0. The zero-order chi connectivity index (χ0) is 18.6. The van der Waals surface area contributed by atoms with Crippen LogP contribution < -0.4 is 15.5 Å². The van der Waals surface area contributed by atoms with E-state index in [1.165, 1.54) is 12.1 Å². The second-order valence-electron chi connectivity index (χ2n) is 6.75. The van der Waals surface area contributed by atoms with E-state index in [2.05, 4.69) is 29.7 Å². The fourth-order valence-electron chi connectivity index (χ4n) is 3.42. The van der Waals surface area contributed by atoms with Crippen LogP contribution in [0.2, 0.25) is 0 Å². The number of rotatable bonds is 4. The standard InChI is InChI=1S/C18H24FN7O/c19-14-1-3-15(4-2-14)25-7-5-24(6-8-25)13-16-21-17(20)23-18(22-16)26-9-11-27-12-10-26/h1-4H,5-13H2,(H2,20,21,22,23). The molecule has 2 aliphatic rings. The first-order valence-corrected chi connectivity index (χ1v) is 9.23. The highest BCUT2D eigenvalue weighted by atomic mass is 19.1. The summed E-state index contributed by atoms with van der Waals surface area (Å²) in [5.41, 5.74) is 6.95. The minimum absolute atomic E-state index is 0.208. The summed E-state index contributed by atoms with van der Waals surface area (Å²) in [6.45, 7) is 7.04. The Morgan fingerprint density at radius 1 is 0.889 bits per heavy atom. The Labute approximate surface area is 157 Å². The predicted molar refractivity (Wildman–Crippen MR) is 101 cm³/mol. The lowest BCUT2D eigenvalue weighted by Crippen LogP contribution is -2.46. The van der Waals surface area contributed by atoms with Crippen molar-refractivity contribution >= 4 is 17.6 Å². The van der Waals surface area contributed by atoms with Gasteiger partial charge in [-0.2, -0.15) is 15.0 Å². The van der Waals surface area contributed by atoms with Gasteiger partial charge in [-0.25, -0.2) is 4.39 Å². The van der Waals surface area contributed by atoms with Gasteiger partial charge in [-0.05, 0) is 24.3 Å². The summed E-state index contributed by atoms with van der Waals surface area (Å²) in [5.74, 6) is 1.37. The van der Waals surface area contributed by atoms with Gasteiger partial charge in [-0.15, -0.1) is 0 Å².